The molecule has 0 bridgehead atoms. The highest BCUT2D eigenvalue weighted by Gasteiger charge is 2.20. The molecule has 1 atom stereocenters. The third kappa shape index (κ3) is 2.79. The van der Waals surface area contributed by atoms with Gasteiger partial charge in [-0.25, -0.2) is 18.4 Å². The van der Waals surface area contributed by atoms with E-state index in [1.54, 1.807) is 12.4 Å². The molecule has 0 radical (unpaired) electrons. The first kappa shape index (κ1) is 14.9. The van der Waals surface area contributed by atoms with Gasteiger partial charge in [-0.05, 0) is 19.3 Å². The highest BCUT2D eigenvalue weighted by molar-refractivity contribution is 5.75. The van der Waals surface area contributed by atoms with E-state index in [2.05, 4.69) is 25.2 Å². The summed E-state index contributed by atoms with van der Waals surface area (Å²) in [5.74, 6) is -1.13. The summed E-state index contributed by atoms with van der Waals surface area (Å²) in [6.45, 7) is 1.64. The summed E-state index contributed by atoms with van der Waals surface area (Å²) < 4.78 is 28.6. The minimum Gasteiger partial charge on any atom is -0.355 e. The Labute approximate surface area is 137 Å². The predicted octanol–water partition coefficient (Wildman–Crippen LogP) is 2.73. The van der Waals surface area contributed by atoms with Crippen molar-refractivity contribution in [1.29, 1.82) is 0 Å². The van der Waals surface area contributed by atoms with Crippen LogP contribution in [0.25, 0.3) is 11.0 Å². The lowest BCUT2D eigenvalue weighted by molar-refractivity contribution is 0.406. The number of hydrogen-bond donors (Lipinski definition) is 0. The molecule has 1 aromatic carbocycles. The minimum absolute atomic E-state index is 0.317. The normalized spacial score (nSPS) is 18.8. The molecule has 1 aliphatic rings. The van der Waals surface area contributed by atoms with Crippen molar-refractivity contribution in [2.45, 2.75) is 25.3 Å². The smallest absolute Gasteiger partial charge is 0.161 e. The van der Waals surface area contributed by atoms with E-state index in [0.29, 0.717) is 22.9 Å². The first-order valence-corrected chi connectivity index (χ1v) is 7.93. The van der Waals surface area contributed by atoms with Gasteiger partial charge >= 0.3 is 0 Å². The molecule has 3 heterocycles. The van der Waals surface area contributed by atoms with Crippen molar-refractivity contribution in [1.82, 2.24) is 25.0 Å². The number of benzene rings is 1. The standard InChI is InChI=1S/C16H16F2N6/c17-12-8-14-15(9-13(12)18)21-16(10-19-14)23-5-1-2-11(3-6-23)24-7-4-20-22-24/h4,7-11H,1-3,5-6H2. The molecule has 0 aliphatic carbocycles. The van der Waals surface area contributed by atoms with E-state index in [1.165, 1.54) is 0 Å². The first-order valence-electron chi connectivity index (χ1n) is 7.93. The molecule has 2 aromatic heterocycles. The Morgan fingerprint density at radius 1 is 1.04 bits per heavy atom. The summed E-state index contributed by atoms with van der Waals surface area (Å²) in [4.78, 5) is 10.8. The molecule has 1 unspecified atom stereocenters. The van der Waals surface area contributed by atoms with E-state index in [0.717, 1.165) is 44.5 Å². The number of hydrogen-bond acceptors (Lipinski definition) is 5. The molecule has 1 aliphatic heterocycles. The van der Waals surface area contributed by atoms with Crippen molar-refractivity contribution >= 4 is 16.9 Å². The lowest BCUT2D eigenvalue weighted by atomic mass is 10.1. The molecule has 0 N–H and O–H groups in total. The van der Waals surface area contributed by atoms with Gasteiger partial charge in [0.1, 0.15) is 5.82 Å². The molecule has 4 rings (SSSR count). The van der Waals surface area contributed by atoms with Crippen LogP contribution in [0.4, 0.5) is 14.6 Å². The van der Waals surface area contributed by atoms with E-state index in [1.807, 2.05) is 10.9 Å². The number of halogens is 2. The molecule has 0 saturated carbocycles. The van der Waals surface area contributed by atoms with Crippen molar-refractivity contribution < 1.29 is 8.78 Å². The van der Waals surface area contributed by atoms with Gasteiger partial charge in [0.05, 0.1) is 29.5 Å². The zero-order chi connectivity index (χ0) is 16.5. The van der Waals surface area contributed by atoms with Crippen LogP contribution in [0.5, 0.6) is 0 Å². The summed E-state index contributed by atoms with van der Waals surface area (Å²) in [5, 5.41) is 7.95. The van der Waals surface area contributed by atoms with Gasteiger partial charge in [0.15, 0.2) is 11.6 Å². The fraction of sp³-hybridized carbons (Fsp3) is 0.375. The molecule has 8 heteroatoms. The molecule has 124 valence electrons. The highest BCUT2D eigenvalue weighted by atomic mass is 19.2. The van der Waals surface area contributed by atoms with Crippen molar-refractivity contribution in [2.75, 3.05) is 18.0 Å². The molecule has 3 aromatic rings. The second kappa shape index (κ2) is 6.10. The van der Waals surface area contributed by atoms with Gasteiger partial charge in [-0.15, -0.1) is 5.10 Å². The monoisotopic (exact) mass is 330 g/mol. The maximum absolute atomic E-state index is 13.4. The van der Waals surface area contributed by atoms with Crippen molar-refractivity contribution in [3.05, 3.63) is 42.4 Å². The summed E-state index contributed by atoms with van der Waals surface area (Å²) in [5.41, 5.74) is 0.719. The van der Waals surface area contributed by atoms with Crippen LogP contribution in [0.15, 0.2) is 30.7 Å². The van der Waals surface area contributed by atoms with Crippen LogP contribution in [0, 0.1) is 11.6 Å². The fourth-order valence-electron chi connectivity index (χ4n) is 3.14. The van der Waals surface area contributed by atoms with Crippen LogP contribution in [0.2, 0.25) is 0 Å². The maximum Gasteiger partial charge on any atom is 0.161 e. The van der Waals surface area contributed by atoms with E-state index >= 15 is 0 Å². The van der Waals surface area contributed by atoms with E-state index in [9.17, 15) is 8.78 Å². The summed E-state index contributed by atoms with van der Waals surface area (Å²) >= 11 is 0. The molecule has 1 fully saturated rings. The summed E-state index contributed by atoms with van der Waals surface area (Å²) in [6, 6.07) is 2.49. The Morgan fingerprint density at radius 2 is 1.88 bits per heavy atom. The van der Waals surface area contributed by atoms with Crippen molar-refractivity contribution in [2.24, 2.45) is 0 Å². The van der Waals surface area contributed by atoms with Gasteiger partial charge in [0.2, 0.25) is 0 Å². The average molecular weight is 330 g/mol. The van der Waals surface area contributed by atoms with Crippen LogP contribution in [-0.4, -0.2) is 38.1 Å². The third-order valence-electron chi connectivity index (χ3n) is 4.41. The fourth-order valence-corrected chi connectivity index (χ4v) is 3.14. The Hall–Kier alpha value is -2.64. The van der Waals surface area contributed by atoms with Gasteiger partial charge in [0.25, 0.3) is 0 Å². The molecule has 0 amide bonds. The van der Waals surface area contributed by atoms with E-state index in [-0.39, 0.29) is 0 Å². The number of aromatic nitrogens is 5. The van der Waals surface area contributed by atoms with E-state index in [4.69, 9.17) is 0 Å². The number of rotatable bonds is 2. The highest BCUT2D eigenvalue weighted by Crippen LogP contribution is 2.25. The number of anilines is 1. The van der Waals surface area contributed by atoms with Gasteiger partial charge in [-0.2, -0.15) is 0 Å². The summed E-state index contributed by atoms with van der Waals surface area (Å²) in [7, 11) is 0. The average Bonchev–Trinajstić information content (AvgIpc) is 3.00. The van der Waals surface area contributed by atoms with Crippen LogP contribution in [-0.2, 0) is 0 Å². The Bertz CT molecular complexity index is 851. The molecule has 1 saturated heterocycles. The Kier molecular flexibility index (Phi) is 3.79. The first-order chi connectivity index (χ1) is 11.7. The van der Waals surface area contributed by atoms with Gasteiger partial charge in [-0.3, -0.25) is 4.98 Å². The van der Waals surface area contributed by atoms with Crippen LogP contribution in [0.1, 0.15) is 25.3 Å². The second-order valence-electron chi connectivity index (χ2n) is 5.94. The second-order valence-corrected chi connectivity index (χ2v) is 5.94. The Morgan fingerprint density at radius 3 is 2.67 bits per heavy atom. The zero-order valence-corrected chi connectivity index (χ0v) is 12.9. The number of fused-ring (bicyclic) bond motifs is 1. The van der Waals surface area contributed by atoms with Crippen molar-refractivity contribution in [3.63, 3.8) is 0 Å². The van der Waals surface area contributed by atoms with E-state index < -0.39 is 11.6 Å². The molecular formula is C16H16F2N6. The van der Waals surface area contributed by atoms with Crippen LogP contribution >= 0.6 is 0 Å². The van der Waals surface area contributed by atoms with Crippen LogP contribution in [0.3, 0.4) is 0 Å². The maximum atomic E-state index is 13.4. The Balaban J connectivity index is 1.57. The topological polar surface area (TPSA) is 59.7 Å². The van der Waals surface area contributed by atoms with Gasteiger partial charge in [0, 0.05) is 31.4 Å². The lowest BCUT2D eigenvalue weighted by Gasteiger charge is -2.21. The zero-order valence-electron chi connectivity index (χ0n) is 12.9. The SMILES string of the molecule is Fc1cc2ncc(N3CCCC(n4ccnn4)CC3)nc2cc1F. The molecule has 6 nitrogen and oxygen atoms in total. The molecule has 0 spiro atoms. The third-order valence-corrected chi connectivity index (χ3v) is 4.41. The van der Waals surface area contributed by atoms with Crippen molar-refractivity contribution in [3.8, 4) is 0 Å². The molecule has 24 heavy (non-hydrogen) atoms. The van der Waals surface area contributed by atoms with Gasteiger partial charge in [-0.1, -0.05) is 5.21 Å². The quantitative estimate of drug-likeness (QED) is 0.723. The summed E-state index contributed by atoms with van der Waals surface area (Å²) in [6.07, 6.45) is 8.11. The minimum atomic E-state index is -0.907. The van der Waals surface area contributed by atoms with Crippen LogP contribution < -0.4 is 4.90 Å². The molecular weight excluding hydrogens is 314 g/mol. The van der Waals surface area contributed by atoms with Gasteiger partial charge < -0.3 is 4.90 Å². The largest absolute Gasteiger partial charge is 0.355 e. The predicted molar refractivity (Wildman–Crippen MR) is 84.6 cm³/mol. The number of nitrogens with zero attached hydrogens (tertiary/aromatic N) is 6. The lowest BCUT2D eigenvalue weighted by Crippen LogP contribution is -2.25.